The van der Waals surface area contributed by atoms with Crippen molar-refractivity contribution in [1.29, 1.82) is 0 Å². The quantitative estimate of drug-likeness (QED) is 0.689. The van der Waals surface area contributed by atoms with E-state index in [2.05, 4.69) is 20.8 Å². The SMILES string of the molecule is O=S(=O)(c1cccc(F)c1)N1CCN(CCOc2ccc(Br)cc2)CC1. The van der Waals surface area contributed by atoms with Gasteiger partial charge in [0.2, 0.25) is 10.0 Å². The molecule has 0 radical (unpaired) electrons. The smallest absolute Gasteiger partial charge is 0.243 e. The zero-order valence-corrected chi connectivity index (χ0v) is 16.5. The summed E-state index contributed by atoms with van der Waals surface area (Å²) in [6, 6.07) is 12.8. The predicted octanol–water partition coefficient (Wildman–Crippen LogP) is 2.97. The van der Waals surface area contributed by atoms with E-state index in [0.717, 1.165) is 22.8 Å². The average Bonchev–Trinajstić information content (AvgIpc) is 2.64. The highest BCUT2D eigenvalue weighted by molar-refractivity contribution is 9.10. The molecule has 1 saturated heterocycles. The van der Waals surface area contributed by atoms with Crippen LogP contribution in [0.2, 0.25) is 0 Å². The predicted molar refractivity (Wildman–Crippen MR) is 101 cm³/mol. The fourth-order valence-electron chi connectivity index (χ4n) is 2.79. The molecule has 0 unspecified atom stereocenters. The summed E-state index contributed by atoms with van der Waals surface area (Å²) in [5, 5.41) is 0. The van der Waals surface area contributed by atoms with Gasteiger partial charge in [-0.15, -0.1) is 0 Å². The van der Waals surface area contributed by atoms with Crippen molar-refractivity contribution in [3.05, 3.63) is 58.8 Å². The highest BCUT2D eigenvalue weighted by atomic mass is 79.9. The van der Waals surface area contributed by atoms with Gasteiger partial charge in [-0.2, -0.15) is 4.31 Å². The molecule has 140 valence electrons. The highest BCUT2D eigenvalue weighted by Gasteiger charge is 2.28. The van der Waals surface area contributed by atoms with Crippen molar-refractivity contribution in [3.8, 4) is 5.75 Å². The molecule has 1 fully saturated rings. The van der Waals surface area contributed by atoms with Crippen molar-refractivity contribution in [3.63, 3.8) is 0 Å². The Balaban J connectivity index is 1.48. The topological polar surface area (TPSA) is 49.9 Å². The van der Waals surface area contributed by atoms with E-state index in [1.807, 2.05) is 24.3 Å². The summed E-state index contributed by atoms with van der Waals surface area (Å²) >= 11 is 3.38. The molecule has 1 heterocycles. The molecule has 26 heavy (non-hydrogen) atoms. The molecule has 0 aromatic heterocycles. The Labute approximate surface area is 161 Å². The first-order valence-electron chi connectivity index (χ1n) is 8.31. The van der Waals surface area contributed by atoms with E-state index in [0.29, 0.717) is 32.8 Å². The Morgan fingerprint density at radius 2 is 1.73 bits per heavy atom. The molecule has 8 heteroatoms. The van der Waals surface area contributed by atoms with Crippen molar-refractivity contribution < 1.29 is 17.5 Å². The van der Waals surface area contributed by atoms with Crippen LogP contribution >= 0.6 is 15.9 Å². The van der Waals surface area contributed by atoms with Crippen LogP contribution < -0.4 is 4.74 Å². The molecule has 0 atom stereocenters. The molecule has 1 aliphatic heterocycles. The zero-order valence-electron chi connectivity index (χ0n) is 14.1. The van der Waals surface area contributed by atoms with Crippen LogP contribution in [0.1, 0.15) is 0 Å². The van der Waals surface area contributed by atoms with Crippen LogP contribution in [0.15, 0.2) is 57.9 Å². The Bertz CT molecular complexity index is 838. The molecule has 2 aromatic carbocycles. The molecule has 3 rings (SSSR count). The maximum Gasteiger partial charge on any atom is 0.243 e. The standard InChI is InChI=1S/C18H20BrFN2O3S/c19-15-4-6-17(7-5-15)25-13-12-21-8-10-22(11-9-21)26(23,24)18-3-1-2-16(20)14-18/h1-7,14H,8-13H2. The number of hydrogen-bond donors (Lipinski definition) is 0. The van der Waals surface area contributed by atoms with Crippen LogP contribution in [0.25, 0.3) is 0 Å². The lowest BCUT2D eigenvalue weighted by Gasteiger charge is -2.33. The fraction of sp³-hybridized carbons (Fsp3) is 0.333. The highest BCUT2D eigenvalue weighted by Crippen LogP contribution is 2.19. The van der Waals surface area contributed by atoms with Crippen LogP contribution in [0.5, 0.6) is 5.75 Å². The second-order valence-corrected chi connectivity index (χ2v) is 8.86. The molecule has 0 bridgehead atoms. The third-order valence-corrected chi connectivity index (χ3v) is 6.68. The summed E-state index contributed by atoms with van der Waals surface area (Å²) < 4.78 is 46.6. The minimum absolute atomic E-state index is 0.00419. The lowest BCUT2D eigenvalue weighted by atomic mass is 10.3. The Morgan fingerprint density at radius 3 is 2.38 bits per heavy atom. The van der Waals surface area contributed by atoms with Gasteiger partial charge in [0, 0.05) is 37.2 Å². The number of benzene rings is 2. The van der Waals surface area contributed by atoms with Crippen molar-refractivity contribution >= 4 is 26.0 Å². The molecule has 1 aliphatic rings. The number of hydrogen-bond acceptors (Lipinski definition) is 4. The molecule has 0 spiro atoms. The van der Waals surface area contributed by atoms with Gasteiger partial charge in [0.05, 0.1) is 4.90 Å². The monoisotopic (exact) mass is 442 g/mol. The third kappa shape index (κ3) is 4.82. The van der Waals surface area contributed by atoms with E-state index < -0.39 is 15.8 Å². The number of halogens is 2. The van der Waals surface area contributed by atoms with Crippen LogP contribution in [0, 0.1) is 5.82 Å². The summed E-state index contributed by atoms with van der Waals surface area (Å²) in [6.45, 7) is 3.28. The van der Waals surface area contributed by atoms with Gasteiger partial charge in [-0.3, -0.25) is 4.90 Å². The first kappa shape index (κ1) is 19.3. The van der Waals surface area contributed by atoms with Gasteiger partial charge in [-0.25, -0.2) is 12.8 Å². The zero-order chi connectivity index (χ0) is 18.6. The summed E-state index contributed by atoms with van der Waals surface area (Å²) in [4.78, 5) is 2.17. The molecule has 0 N–H and O–H groups in total. The van der Waals surface area contributed by atoms with Crippen LogP contribution in [0.3, 0.4) is 0 Å². The van der Waals surface area contributed by atoms with Gasteiger partial charge < -0.3 is 4.74 Å². The van der Waals surface area contributed by atoms with Gasteiger partial charge in [0.1, 0.15) is 18.2 Å². The lowest BCUT2D eigenvalue weighted by molar-refractivity contribution is 0.159. The normalized spacial score (nSPS) is 16.5. The largest absolute Gasteiger partial charge is 0.492 e. The summed E-state index contributed by atoms with van der Waals surface area (Å²) in [5.74, 6) is 0.260. The Morgan fingerprint density at radius 1 is 1.04 bits per heavy atom. The number of nitrogens with zero attached hydrogens (tertiary/aromatic N) is 2. The summed E-state index contributed by atoms with van der Waals surface area (Å²) in [7, 11) is -3.64. The van der Waals surface area contributed by atoms with Gasteiger partial charge in [-0.1, -0.05) is 22.0 Å². The average molecular weight is 443 g/mol. The molecular weight excluding hydrogens is 423 g/mol. The number of piperazine rings is 1. The van der Waals surface area contributed by atoms with E-state index in [1.54, 1.807) is 0 Å². The van der Waals surface area contributed by atoms with Gasteiger partial charge in [0.15, 0.2) is 0 Å². The van der Waals surface area contributed by atoms with E-state index in [1.165, 1.54) is 22.5 Å². The number of rotatable bonds is 6. The minimum Gasteiger partial charge on any atom is -0.492 e. The minimum atomic E-state index is -3.64. The summed E-state index contributed by atoms with van der Waals surface area (Å²) in [5.41, 5.74) is 0. The molecular formula is C18H20BrFN2O3S. The second kappa shape index (κ2) is 8.47. The first-order chi connectivity index (χ1) is 12.4. The third-order valence-electron chi connectivity index (χ3n) is 4.25. The van der Waals surface area contributed by atoms with Gasteiger partial charge in [0.25, 0.3) is 0 Å². The molecule has 5 nitrogen and oxygen atoms in total. The van der Waals surface area contributed by atoms with Crippen molar-refractivity contribution in [1.82, 2.24) is 9.21 Å². The summed E-state index contributed by atoms with van der Waals surface area (Å²) in [6.07, 6.45) is 0. The fourth-order valence-corrected chi connectivity index (χ4v) is 4.51. The van der Waals surface area contributed by atoms with Gasteiger partial charge >= 0.3 is 0 Å². The maximum atomic E-state index is 13.3. The van der Waals surface area contributed by atoms with E-state index in [4.69, 9.17) is 4.74 Å². The van der Waals surface area contributed by atoms with E-state index in [-0.39, 0.29) is 4.90 Å². The van der Waals surface area contributed by atoms with Crippen molar-refractivity contribution in [2.75, 3.05) is 39.3 Å². The maximum absolute atomic E-state index is 13.3. The molecule has 0 aliphatic carbocycles. The van der Waals surface area contributed by atoms with E-state index >= 15 is 0 Å². The second-order valence-electron chi connectivity index (χ2n) is 6.01. The van der Waals surface area contributed by atoms with Crippen LogP contribution in [0.4, 0.5) is 4.39 Å². The van der Waals surface area contributed by atoms with Gasteiger partial charge in [-0.05, 0) is 42.5 Å². The van der Waals surface area contributed by atoms with Crippen LogP contribution in [-0.2, 0) is 10.0 Å². The lowest BCUT2D eigenvalue weighted by Crippen LogP contribution is -2.49. The Kier molecular flexibility index (Phi) is 6.29. The Hall–Kier alpha value is -1.48. The molecule has 2 aromatic rings. The van der Waals surface area contributed by atoms with Crippen LogP contribution in [-0.4, -0.2) is 57.0 Å². The number of ether oxygens (including phenoxy) is 1. The first-order valence-corrected chi connectivity index (χ1v) is 10.5. The molecule has 0 saturated carbocycles. The van der Waals surface area contributed by atoms with Crippen molar-refractivity contribution in [2.45, 2.75) is 4.90 Å². The van der Waals surface area contributed by atoms with Crippen molar-refractivity contribution in [2.24, 2.45) is 0 Å². The molecule has 0 amide bonds. The van der Waals surface area contributed by atoms with E-state index in [9.17, 15) is 12.8 Å². The number of sulfonamides is 1.